The molecule has 0 saturated carbocycles. The lowest BCUT2D eigenvalue weighted by molar-refractivity contribution is 0.322. The minimum Gasteiger partial charge on any atom is -0.492 e. The molecular formula is C21H23NO3S. The molecule has 136 valence electrons. The Morgan fingerprint density at radius 2 is 1.65 bits per heavy atom. The highest BCUT2D eigenvalue weighted by Crippen LogP contribution is 2.19. The standard InChI is InChI=1S/C21H23NO3S/c1-2-5-17-8-11-20(12-9-17)25-15-14-22-26(23,24)21-13-10-18-6-3-4-7-19(18)16-21/h3-4,6-13,16,22H,2,5,14-15H2,1H3. The van der Waals surface area contributed by atoms with Crippen LogP contribution in [-0.2, 0) is 16.4 Å². The first-order valence-corrected chi connectivity index (χ1v) is 10.3. The second kappa shape index (κ2) is 8.34. The van der Waals surface area contributed by atoms with Crippen LogP contribution in [0.25, 0.3) is 10.8 Å². The van der Waals surface area contributed by atoms with Gasteiger partial charge in [0.25, 0.3) is 0 Å². The Bertz CT molecular complexity index is 966. The molecule has 0 aliphatic rings. The lowest BCUT2D eigenvalue weighted by Gasteiger charge is -2.10. The van der Waals surface area contributed by atoms with Gasteiger partial charge in [0, 0.05) is 6.54 Å². The fraction of sp³-hybridized carbons (Fsp3) is 0.238. The van der Waals surface area contributed by atoms with Gasteiger partial charge in [-0.05, 0) is 47.0 Å². The molecule has 4 nitrogen and oxygen atoms in total. The molecule has 3 aromatic carbocycles. The highest BCUT2D eigenvalue weighted by Gasteiger charge is 2.13. The molecule has 0 saturated heterocycles. The van der Waals surface area contributed by atoms with Crippen molar-refractivity contribution in [2.75, 3.05) is 13.2 Å². The van der Waals surface area contributed by atoms with E-state index in [1.807, 2.05) is 54.6 Å². The van der Waals surface area contributed by atoms with Crippen molar-refractivity contribution in [1.29, 1.82) is 0 Å². The summed E-state index contributed by atoms with van der Waals surface area (Å²) in [5.41, 5.74) is 1.27. The lowest BCUT2D eigenvalue weighted by Crippen LogP contribution is -2.28. The summed E-state index contributed by atoms with van der Waals surface area (Å²) in [5, 5.41) is 1.92. The predicted octanol–water partition coefficient (Wildman–Crippen LogP) is 4.15. The number of rotatable bonds is 8. The van der Waals surface area contributed by atoms with Crippen LogP contribution >= 0.6 is 0 Å². The van der Waals surface area contributed by atoms with Crippen molar-refractivity contribution < 1.29 is 13.2 Å². The number of fused-ring (bicyclic) bond motifs is 1. The van der Waals surface area contributed by atoms with Gasteiger partial charge < -0.3 is 4.74 Å². The van der Waals surface area contributed by atoms with Crippen LogP contribution in [0.1, 0.15) is 18.9 Å². The highest BCUT2D eigenvalue weighted by molar-refractivity contribution is 7.89. The zero-order valence-electron chi connectivity index (χ0n) is 14.8. The van der Waals surface area contributed by atoms with E-state index < -0.39 is 10.0 Å². The summed E-state index contributed by atoms with van der Waals surface area (Å²) in [5.74, 6) is 0.745. The van der Waals surface area contributed by atoms with Crippen molar-refractivity contribution in [3.05, 3.63) is 72.3 Å². The molecule has 5 heteroatoms. The Labute approximate surface area is 154 Å². The fourth-order valence-corrected chi connectivity index (χ4v) is 3.85. The van der Waals surface area contributed by atoms with Gasteiger partial charge >= 0.3 is 0 Å². The molecule has 0 atom stereocenters. The van der Waals surface area contributed by atoms with Crippen LogP contribution in [0.2, 0.25) is 0 Å². The van der Waals surface area contributed by atoms with Gasteiger partial charge in [-0.3, -0.25) is 0 Å². The molecule has 0 aliphatic heterocycles. The lowest BCUT2D eigenvalue weighted by atomic mass is 10.1. The first kappa shape index (κ1) is 18.4. The summed E-state index contributed by atoms with van der Waals surface area (Å²) in [6.45, 7) is 2.64. The van der Waals surface area contributed by atoms with Crippen molar-refractivity contribution >= 4 is 20.8 Å². The zero-order valence-corrected chi connectivity index (χ0v) is 15.6. The predicted molar refractivity (Wildman–Crippen MR) is 105 cm³/mol. The van der Waals surface area contributed by atoms with Crippen LogP contribution in [-0.4, -0.2) is 21.6 Å². The quantitative estimate of drug-likeness (QED) is 0.607. The van der Waals surface area contributed by atoms with Crippen molar-refractivity contribution in [2.45, 2.75) is 24.7 Å². The van der Waals surface area contributed by atoms with Crippen molar-refractivity contribution in [2.24, 2.45) is 0 Å². The topological polar surface area (TPSA) is 55.4 Å². The van der Waals surface area contributed by atoms with Gasteiger partial charge in [0.2, 0.25) is 10.0 Å². The smallest absolute Gasteiger partial charge is 0.240 e. The second-order valence-corrected chi connectivity index (χ2v) is 7.92. The van der Waals surface area contributed by atoms with E-state index in [9.17, 15) is 8.42 Å². The Morgan fingerprint density at radius 1 is 0.923 bits per heavy atom. The largest absolute Gasteiger partial charge is 0.492 e. The Balaban J connectivity index is 1.55. The highest BCUT2D eigenvalue weighted by atomic mass is 32.2. The fourth-order valence-electron chi connectivity index (χ4n) is 2.80. The summed E-state index contributed by atoms with van der Waals surface area (Å²) in [4.78, 5) is 0.264. The number of sulfonamides is 1. The molecule has 3 aromatic rings. The van der Waals surface area contributed by atoms with Gasteiger partial charge in [-0.25, -0.2) is 13.1 Å². The van der Waals surface area contributed by atoms with Crippen LogP contribution in [0.3, 0.4) is 0 Å². The van der Waals surface area contributed by atoms with E-state index in [0.717, 1.165) is 29.4 Å². The van der Waals surface area contributed by atoms with Crippen LogP contribution in [0, 0.1) is 0 Å². The Kier molecular flexibility index (Phi) is 5.91. The molecule has 0 fully saturated rings. The third kappa shape index (κ3) is 4.62. The molecule has 0 radical (unpaired) electrons. The summed E-state index contributed by atoms with van der Waals surface area (Å²) in [6.07, 6.45) is 2.16. The zero-order chi connectivity index (χ0) is 18.4. The number of hydrogen-bond donors (Lipinski definition) is 1. The minimum absolute atomic E-state index is 0.214. The van der Waals surface area contributed by atoms with Gasteiger partial charge in [-0.1, -0.05) is 55.8 Å². The van der Waals surface area contributed by atoms with Crippen LogP contribution in [0.4, 0.5) is 0 Å². The van der Waals surface area contributed by atoms with Gasteiger partial charge in [0.1, 0.15) is 12.4 Å². The second-order valence-electron chi connectivity index (χ2n) is 6.15. The third-order valence-electron chi connectivity index (χ3n) is 4.16. The Morgan fingerprint density at radius 3 is 2.38 bits per heavy atom. The number of hydrogen-bond acceptors (Lipinski definition) is 3. The third-order valence-corrected chi connectivity index (χ3v) is 5.61. The molecule has 0 unspecified atom stereocenters. The number of nitrogens with one attached hydrogen (secondary N) is 1. The molecule has 3 rings (SSSR count). The molecule has 0 amide bonds. The summed E-state index contributed by atoms with van der Waals surface area (Å²) in [7, 11) is -3.55. The molecular weight excluding hydrogens is 346 g/mol. The first-order valence-electron chi connectivity index (χ1n) is 8.79. The summed E-state index contributed by atoms with van der Waals surface area (Å²) >= 11 is 0. The van der Waals surface area contributed by atoms with Gasteiger partial charge in [0.15, 0.2) is 0 Å². The average molecular weight is 369 g/mol. The average Bonchev–Trinajstić information content (AvgIpc) is 2.66. The summed E-state index contributed by atoms with van der Waals surface area (Å²) in [6, 6.07) is 20.7. The molecule has 0 aromatic heterocycles. The van der Waals surface area contributed by atoms with Crippen molar-refractivity contribution in [3.8, 4) is 5.75 Å². The van der Waals surface area contributed by atoms with Gasteiger partial charge in [0.05, 0.1) is 4.90 Å². The maximum absolute atomic E-state index is 12.4. The molecule has 0 bridgehead atoms. The molecule has 0 heterocycles. The van der Waals surface area contributed by atoms with E-state index in [2.05, 4.69) is 11.6 Å². The Hall–Kier alpha value is -2.37. The van der Waals surface area contributed by atoms with Gasteiger partial charge in [-0.2, -0.15) is 0 Å². The van der Waals surface area contributed by atoms with Gasteiger partial charge in [-0.15, -0.1) is 0 Å². The van der Waals surface area contributed by atoms with Crippen molar-refractivity contribution in [1.82, 2.24) is 4.72 Å². The van der Waals surface area contributed by atoms with Crippen molar-refractivity contribution in [3.63, 3.8) is 0 Å². The number of benzene rings is 3. The molecule has 0 aliphatic carbocycles. The van der Waals surface area contributed by atoms with E-state index in [1.165, 1.54) is 5.56 Å². The van der Waals surface area contributed by atoms with Crippen LogP contribution < -0.4 is 9.46 Å². The van der Waals surface area contributed by atoms with E-state index in [4.69, 9.17) is 4.74 Å². The molecule has 26 heavy (non-hydrogen) atoms. The molecule has 0 spiro atoms. The van der Waals surface area contributed by atoms with E-state index >= 15 is 0 Å². The number of aryl methyl sites for hydroxylation is 1. The number of ether oxygens (including phenoxy) is 1. The maximum Gasteiger partial charge on any atom is 0.240 e. The SMILES string of the molecule is CCCc1ccc(OCCNS(=O)(=O)c2ccc3ccccc3c2)cc1. The van der Waals surface area contributed by atoms with E-state index in [0.29, 0.717) is 0 Å². The van der Waals surface area contributed by atoms with Crippen LogP contribution in [0.15, 0.2) is 71.6 Å². The van der Waals surface area contributed by atoms with Crippen LogP contribution in [0.5, 0.6) is 5.75 Å². The minimum atomic E-state index is -3.55. The van der Waals surface area contributed by atoms with E-state index in [1.54, 1.807) is 12.1 Å². The maximum atomic E-state index is 12.4. The molecule has 1 N–H and O–H groups in total. The monoisotopic (exact) mass is 369 g/mol. The normalized spacial score (nSPS) is 11.6. The summed E-state index contributed by atoms with van der Waals surface area (Å²) < 4.78 is 33.1. The first-order chi connectivity index (χ1) is 12.6. The van der Waals surface area contributed by atoms with E-state index in [-0.39, 0.29) is 18.0 Å².